The van der Waals surface area contributed by atoms with Gasteiger partial charge in [-0.1, -0.05) is 0 Å². The maximum absolute atomic E-state index is 9.65. The first-order valence-electron chi connectivity index (χ1n) is 1.13. The molecule has 0 amide bonds. The van der Waals surface area contributed by atoms with E-state index in [2.05, 4.69) is 23.5 Å². The Bertz CT molecular complexity index is 91.5. The van der Waals surface area contributed by atoms with Crippen molar-refractivity contribution in [2.45, 2.75) is 0 Å². The number of hydrogen-bond acceptors (Lipinski definition) is 3. The summed E-state index contributed by atoms with van der Waals surface area (Å²) in [6.45, 7) is 0. The number of thiol groups is 1. The summed E-state index contributed by atoms with van der Waals surface area (Å²) in [5, 5.41) is 0. The van der Waals surface area contributed by atoms with Gasteiger partial charge >= 0.3 is 5.97 Å². The van der Waals surface area contributed by atoms with E-state index in [1.807, 2.05) is 0 Å². The van der Waals surface area contributed by atoms with Gasteiger partial charge < -0.3 is 4.18 Å². The molecule has 32 valence electrons. The van der Waals surface area contributed by atoms with E-state index >= 15 is 0 Å². The average Bonchev–Trinajstić information content (AvgIpc) is 1.65. The molecule has 0 saturated carbocycles. The van der Waals surface area contributed by atoms with Crippen LogP contribution in [0.3, 0.4) is 0 Å². The highest BCUT2D eigenvalue weighted by molar-refractivity contribution is 7.75. The van der Waals surface area contributed by atoms with Crippen LogP contribution in [0.15, 0.2) is 0 Å². The van der Waals surface area contributed by atoms with Crippen LogP contribution < -0.4 is 0 Å². The first-order chi connectivity index (χ1) is 2.81. The second-order valence-electron chi connectivity index (χ2n) is 0.523. The Morgan fingerprint density at radius 3 is 2.50 bits per heavy atom. The molecule has 0 unspecified atom stereocenters. The minimum atomic E-state index is -0.765. The maximum atomic E-state index is 9.65. The predicted molar refractivity (Wildman–Crippen MR) is 23.9 cm³/mol. The van der Waals surface area contributed by atoms with Gasteiger partial charge in [0.25, 0.3) is 0 Å². The molecule has 0 aromatic heterocycles. The van der Waals surface area contributed by atoms with Gasteiger partial charge in [0.2, 0.25) is 0 Å². The molecule has 6 heavy (non-hydrogen) atoms. The lowest BCUT2D eigenvalue weighted by Gasteiger charge is -1.77. The lowest BCUT2D eigenvalue weighted by Crippen LogP contribution is -1.87. The highest BCUT2D eigenvalue weighted by Gasteiger charge is 1.84. The quantitative estimate of drug-likeness (QED) is 0.265. The van der Waals surface area contributed by atoms with Crippen LogP contribution >= 0.6 is 12.9 Å². The van der Waals surface area contributed by atoms with Crippen LogP contribution in [-0.4, -0.2) is 5.97 Å². The van der Waals surface area contributed by atoms with Gasteiger partial charge in [-0.3, -0.25) is 0 Å². The normalized spacial score (nSPS) is 6.00. The SMILES string of the molecule is C#CC(=O)OS. The summed E-state index contributed by atoms with van der Waals surface area (Å²) in [7, 11) is 0. The molecule has 0 aromatic carbocycles. The molecule has 0 radical (unpaired) electrons. The Labute approximate surface area is 41.1 Å². The number of terminal acetylenes is 1. The Morgan fingerprint density at radius 2 is 2.50 bits per heavy atom. The van der Waals surface area contributed by atoms with E-state index in [1.54, 1.807) is 5.92 Å². The standard InChI is InChI=1S/C3H2O2S/c1-2-3(4)5-6/h1,6H. The van der Waals surface area contributed by atoms with Gasteiger partial charge in [0.15, 0.2) is 0 Å². The van der Waals surface area contributed by atoms with Crippen LogP contribution in [0.2, 0.25) is 0 Å². The third kappa shape index (κ3) is 1.68. The second kappa shape index (κ2) is 2.61. The zero-order valence-electron chi connectivity index (χ0n) is 2.84. The molecule has 0 aromatic rings. The Hall–Kier alpha value is -0.620. The van der Waals surface area contributed by atoms with Crippen molar-refractivity contribution < 1.29 is 8.98 Å². The molecule has 0 heterocycles. The summed E-state index contributed by atoms with van der Waals surface area (Å²) in [5.41, 5.74) is 0. The molecule has 0 aliphatic carbocycles. The fraction of sp³-hybridized carbons (Fsp3) is 0. The Morgan fingerprint density at radius 1 is 2.00 bits per heavy atom. The van der Waals surface area contributed by atoms with Crippen LogP contribution in [-0.2, 0) is 8.98 Å². The van der Waals surface area contributed by atoms with Crippen LogP contribution in [0.4, 0.5) is 0 Å². The van der Waals surface area contributed by atoms with Crippen molar-refractivity contribution in [3.05, 3.63) is 0 Å². The zero-order chi connectivity index (χ0) is 4.99. The van der Waals surface area contributed by atoms with Gasteiger partial charge in [-0.15, -0.1) is 6.42 Å². The molecule has 0 spiro atoms. The van der Waals surface area contributed by atoms with Gasteiger partial charge in [0, 0.05) is 18.8 Å². The number of hydrogen-bond donors (Lipinski definition) is 1. The largest absolute Gasteiger partial charge is 0.395 e. The number of carbonyl (C=O) groups is 1. The maximum Gasteiger partial charge on any atom is 0.395 e. The van der Waals surface area contributed by atoms with Gasteiger partial charge in [-0.25, -0.2) is 4.79 Å². The van der Waals surface area contributed by atoms with Gasteiger partial charge in [-0.05, 0) is 0 Å². The molecular formula is C3H2O2S. The Kier molecular flexibility index (Phi) is 2.34. The van der Waals surface area contributed by atoms with Crippen molar-refractivity contribution in [2.24, 2.45) is 0 Å². The van der Waals surface area contributed by atoms with Gasteiger partial charge in [-0.2, -0.15) is 0 Å². The molecule has 2 nitrogen and oxygen atoms in total. The second-order valence-corrected chi connectivity index (χ2v) is 0.706. The smallest absolute Gasteiger partial charge is 0.385 e. The lowest BCUT2D eigenvalue weighted by molar-refractivity contribution is -0.126. The van der Waals surface area contributed by atoms with E-state index in [4.69, 9.17) is 0 Å². The third-order valence-corrected chi connectivity index (χ3v) is 0.367. The lowest BCUT2D eigenvalue weighted by atomic mass is 10.7. The summed E-state index contributed by atoms with van der Waals surface area (Å²) in [4.78, 5) is 9.65. The van der Waals surface area contributed by atoms with Crippen LogP contribution in [0, 0.1) is 12.3 Å². The Balaban J connectivity index is 3.33. The summed E-state index contributed by atoms with van der Waals surface area (Å²) < 4.78 is 3.72. The monoisotopic (exact) mass is 102 g/mol. The molecule has 0 rings (SSSR count). The fourth-order valence-electron chi connectivity index (χ4n) is 0.0264. The number of carbonyl (C=O) groups excluding carboxylic acids is 1. The third-order valence-electron chi connectivity index (χ3n) is 0.201. The van der Waals surface area contributed by atoms with E-state index in [9.17, 15) is 4.79 Å². The zero-order valence-corrected chi connectivity index (χ0v) is 3.74. The molecule has 0 aliphatic rings. The summed E-state index contributed by atoms with van der Waals surface area (Å²) >= 11 is 3.10. The van der Waals surface area contributed by atoms with Crippen LogP contribution in [0.5, 0.6) is 0 Å². The van der Waals surface area contributed by atoms with Crippen molar-refractivity contribution in [2.75, 3.05) is 0 Å². The van der Waals surface area contributed by atoms with Crippen molar-refractivity contribution in [3.63, 3.8) is 0 Å². The fourth-order valence-corrected chi connectivity index (χ4v) is 0.0791. The molecule has 0 saturated heterocycles. The molecular weight excluding hydrogens is 100 g/mol. The minimum absolute atomic E-state index is 0.765. The summed E-state index contributed by atoms with van der Waals surface area (Å²) in [6, 6.07) is 0. The van der Waals surface area contributed by atoms with Crippen LogP contribution in [0.1, 0.15) is 0 Å². The summed E-state index contributed by atoms with van der Waals surface area (Å²) in [6.07, 6.45) is 4.51. The van der Waals surface area contributed by atoms with E-state index in [0.29, 0.717) is 0 Å². The highest BCUT2D eigenvalue weighted by Crippen LogP contribution is 1.75. The van der Waals surface area contributed by atoms with Gasteiger partial charge in [0.1, 0.15) is 0 Å². The summed E-state index contributed by atoms with van der Waals surface area (Å²) in [5.74, 6) is 0.912. The molecule has 0 aliphatic heterocycles. The van der Waals surface area contributed by atoms with Crippen molar-refractivity contribution in [3.8, 4) is 12.3 Å². The first kappa shape index (κ1) is 5.38. The predicted octanol–water partition coefficient (Wildman–Crippen LogP) is 0.00760. The van der Waals surface area contributed by atoms with E-state index in [0.717, 1.165) is 0 Å². The molecule has 0 fully saturated rings. The topological polar surface area (TPSA) is 26.3 Å². The van der Waals surface area contributed by atoms with Gasteiger partial charge in [0.05, 0.1) is 0 Å². The number of rotatable bonds is 0. The minimum Gasteiger partial charge on any atom is -0.385 e. The average molecular weight is 102 g/mol. The van der Waals surface area contributed by atoms with E-state index in [-0.39, 0.29) is 0 Å². The molecule has 3 heteroatoms. The van der Waals surface area contributed by atoms with Crippen molar-refractivity contribution in [1.29, 1.82) is 0 Å². The highest BCUT2D eigenvalue weighted by atomic mass is 32.1. The van der Waals surface area contributed by atoms with E-state index in [1.165, 1.54) is 0 Å². The molecule has 0 N–H and O–H groups in total. The molecule has 0 atom stereocenters. The van der Waals surface area contributed by atoms with Crippen molar-refractivity contribution in [1.82, 2.24) is 0 Å². The molecule has 0 bridgehead atoms. The van der Waals surface area contributed by atoms with Crippen molar-refractivity contribution >= 4 is 18.9 Å². The first-order valence-corrected chi connectivity index (χ1v) is 1.49. The van der Waals surface area contributed by atoms with E-state index < -0.39 is 5.97 Å². The van der Waals surface area contributed by atoms with Crippen LogP contribution in [0.25, 0.3) is 0 Å².